The second-order valence-electron chi connectivity index (χ2n) is 8.57. The SMILES string of the molecule is Cc1nn(CC(=O)N2CCN(c3ncc(Cl)cc3NC(=O)c3cccc(C(F)(F)F)c3)CC2)c(C)c1Cl. The first-order chi connectivity index (χ1) is 17.4. The maximum Gasteiger partial charge on any atom is 0.416 e. The zero-order valence-corrected chi connectivity index (χ0v) is 21.5. The topological polar surface area (TPSA) is 83.4 Å². The molecule has 8 nitrogen and oxygen atoms in total. The summed E-state index contributed by atoms with van der Waals surface area (Å²) in [6.07, 6.45) is -3.15. The van der Waals surface area contributed by atoms with Crippen molar-refractivity contribution in [3.05, 3.63) is 69.1 Å². The molecule has 0 bridgehead atoms. The Hall–Kier alpha value is -3.31. The fraction of sp³-hybridized carbons (Fsp3) is 0.333. The van der Waals surface area contributed by atoms with Crippen LogP contribution in [0.1, 0.15) is 27.3 Å². The molecule has 0 saturated carbocycles. The summed E-state index contributed by atoms with van der Waals surface area (Å²) in [5, 5.41) is 7.71. The van der Waals surface area contributed by atoms with Crippen molar-refractivity contribution in [2.45, 2.75) is 26.6 Å². The molecule has 0 spiro atoms. The zero-order chi connectivity index (χ0) is 26.9. The van der Waals surface area contributed by atoms with Crippen LogP contribution in [0.2, 0.25) is 10.0 Å². The smallest absolute Gasteiger partial charge is 0.351 e. The van der Waals surface area contributed by atoms with Gasteiger partial charge in [-0.15, -0.1) is 0 Å². The van der Waals surface area contributed by atoms with E-state index in [1.165, 1.54) is 24.4 Å². The zero-order valence-electron chi connectivity index (χ0n) is 19.9. The lowest BCUT2D eigenvalue weighted by atomic mass is 10.1. The molecule has 196 valence electrons. The Kier molecular flexibility index (Phi) is 7.65. The van der Waals surface area contributed by atoms with E-state index in [2.05, 4.69) is 15.4 Å². The van der Waals surface area contributed by atoms with Gasteiger partial charge in [-0.25, -0.2) is 4.98 Å². The van der Waals surface area contributed by atoms with E-state index in [0.29, 0.717) is 42.7 Å². The normalized spacial score (nSPS) is 14.1. The molecule has 3 aromatic rings. The Morgan fingerprint density at radius 1 is 1.08 bits per heavy atom. The van der Waals surface area contributed by atoms with E-state index in [4.69, 9.17) is 23.2 Å². The minimum Gasteiger partial charge on any atom is -0.351 e. The van der Waals surface area contributed by atoms with E-state index in [1.54, 1.807) is 23.4 Å². The molecule has 2 aromatic heterocycles. The van der Waals surface area contributed by atoms with Crippen LogP contribution in [0.25, 0.3) is 0 Å². The molecule has 0 aliphatic carbocycles. The largest absolute Gasteiger partial charge is 0.416 e. The van der Waals surface area contributed by atoms with Crippen LogP contribution in [0.5, 0.6) is 0 Å². The Bertz CT molecular complexity index is 1340. The predicted molar refractivity (Wildman–Crippen MR) is 134 cm³/mol. The predicted octanol–water partition coefficient (Wildman–Crippen LogP) is 4.82. The quantitative estimate of drug-likeness (QED) is 0.488. The van der Waals surface area contributed by atoms with Crippen LogP contribution in [0.4, 0.5) is 24.7 Å². The van der Waals surface area contributed by atoms with Crippen LogP contribution in [0.15, 0.2) is 36.5 Å². The summed E-state index contributed by atoms with van der Waals surface area (Å²) in [7, 11) is 0. The third-order valence-electron chi connectivity index (χ3n) is 6.04. The number of pyridine rings is 1. The number of hydrogen-bond acceptors (Lipinski definition) is 5. The number of nitrogens with one attached hydrogen (secondary N) is 1. The fourth-order valence-corrected chi connectivity index (χ4v) is 4.33. The Balaban J connectivity index is 1.45. The average Bonchev–Trinajstić information content (AvgIpc) is 3.10. The van der Waals surface area contributed by atoms with Crippen molar-refractivity contribution in [3.63, 3.8) is 0 Å². The van der Waals surface area contributed by atoms with Gasteiger partial charge in [0.1, 0.15) is 6.54 Å². The third-order valence-corrected chi connectivity index (χ3v) is 6.80. The van der Waals surface area contributed by atoms with Crippen molar-refractivity contribution in [1.29, 1.82) is 0 Å². The number of benzene rings is 1. The van der Waals surface area contributed by atoms with E-state index in [-0.39, 0.29) is 28.7 Å². The number of aryl methyl sites for hydroxylation is 1. The molecule has 0 atom stereocenters. The van der Waals surface area contributed by atoms with E-state index < -0.39 is 17.6 Å². The van der Waals surface area contributed by atoms with Gasteiger partial charge < -0.3 is 15.1 Å². The van der Waals surface area contributed by atoms with Crippen LogP contribution < -0.4 is 10.2 Å². The lowest BCUT2D eigenvalue weighted by Gasteiger charge is -2.36. The summed E-state index contributed by atoms with van der Waals surface area (Å²) in [5.41, 5.74) is 0.559. The molecule has 4 rings (SSSR count). The first-order valence-corrected chi connectivity index (χ1v) is 12.1. The highest BCUT2D eigenvalue weighted by Crippen LogP contribution is 2.31. The van der Waals surface area contributed by atoms with Gasteiger partial charge in [0.15, 0.2) is 5.82 Å². The van der Waals surface area contributed by atoms with Gasteiger partial charge in [-0.3, -0.25) is 14.3 Å². The maximum atomic E-state index is 13.1. The van der Waals surface area contributed by atoms with Gasteiger partial charge in [0.2, 0.25) is 5.91 Å². The molecule has 1 aliphatic rings. The second-order valence-corrected chi connectivity index (χ2v) is 9.38. The molecule has 1 N–H and O–H groups in total. The number of amides is 2. The Morgan fingerprint density at radius 3 is 2.41 bits per heavy atom. The summed E-state index contributed by atoms with van der Waals surface area (Å²) in [6.45, 7) is 5.28. The second kappa shape index (κ2) is 10.6. The number of aromatic nitrogens is 3. The summed E-state index contributed by atoms with van der Waals surface area (Å²) >= 11 is 12.3. The number of piperazine rings is 1. The summed E-state index contributed by atoms with van der Waals surface area (Å²) in [5.74, 6) is -0.431. The van der Waals surface area contributed by atoms with E-state index in [0.717, 1.165) is 17.8 Å². The fourth-order valence-electron chi connectivity index (χ4n) is 4.03. The van der Waals surface area contributed by atoms with Gasteiger partial charge in [-0.05, 0) is 38.1 Å². The van der Waals surface area contributed by atoms with Crippen LogP contribution >= 0.6 is 23.2 Å². The van der Waals surface area contributed by atoms with Crippen LogP contribution in [-0.4, -0.2) is 57.7 Å². The molecule has 37 heavy (non-hydrogen) atoms. The van der Waals surface area contributed by atoms with Gasteiger partial charge in [-0.1, -0.05) is 29.3 Å². The van der Waals surface area contributed by atoms with Crippen molar-refractivity contribution >= 4 is 46.5 Å². The van der Waals surface area contributed by atoms with Gasteiger partial charge in [0, 0.05) is 37.9 Å². The van der Waals surface area contributed by atoms with E-state index in [1.807, 2.05) is 4.90 Å². The van der Waals surface area contributed by atoms with Crippen molar-refractivity contribution in [2.75, 3.05) is 36.4 Å². The minimum absolute atomic E-state index is 0.0664. The van der Waals surface area contributed by atoms with Crippen molar-refractivity contribution in [3.8, 4) is 0 Å². The van der Waals surface area contributed by atoms with Crippen LogP contribution in [-0.2, 0) is 17.5 Å². The van der Waals surface area contributed by atoms with E-state index in [9.17, 15) is 22.8 Å². The van der Waals surface area contributed by atoms with Gasteiger partial charge in [-0.2, -0.15) is 18.3 Å². The van der Waals surface area contributed by atoms with Gasteiger partial charge in [0.25, 0.3) is 5.91 Å². The highest BCUT2D eigenvalue weighted by atomic mass is 35.5. The molecule has 2 amide bonds. The highest BCUT2D eigenvalue weighted by Gasteiger charge is 2.31. The molecule has 3 heterocycles. The monoisotopic (exact) mass is 554 g/mol. The molecule has 0 radical (unpaired) electrons. The number of hydrogen-bond donors (Lipinski definition) is 1. The highest BCUT2D eigenvalue weighted by molar-refractivity contribution is 6.32. The Morgan fingerprint density at radius 2 is 1.78 bits per heavy atom. The summed E-state index contributed by atoms with van der Waals surface area (Å²) in [4.78, 5) is 33.5. The van der Waals surface area contributed by atoms with Crippen molar-refractivity contribution in [2.24, 2.45) is 0 Å². The van der Waals surface area contributed by atoms with Crippen LogP contribution in [0.3, 0.4) is 0 Å². The first kappa shape index (κ1) is 26.7. The molecule has 0 unspecified atom stereocenters. The summed E-state index contributed by atoms with van der Waals surface area (Å²) < 4.78 is 40.8. The first-order valence-electron chi connectivity index (χ1n) is 11.3. The van der Waals surface area contributed by atoms with E-state index >= 15 is 0 Å². The third kappa shape index (κ3) is 5.99. The minimum atomic E-state index is -4.57. The van der Waals surface area contributed by atoms with Crippen molar-refractivity contribution in [1.82, 2.24) is 19.7 Å². The van der Waals surface area contributed by atoms with Crippen molar-refractivity contribution < 1.29 is 22.8 Å². The number of carbonyl (C=O) groups excluding carboxylic acids is 2. The molecule has 1 aromatic carbocycles. The molecular weight excluding hydrogens is 532 g/mol. The number of carbonyl (C=O) groups is 2. The van der Waals surface area contributed by atoms with Crippen LogP contribution in [0, 0.1) is 13.8 Å². The van der Waals surface area contributed by atoms with Gasteiger partial charge >= 0.3 is 6.18 Å². The molecule has 1 saturated heterocycles. The van der Waals surface area contributed by atoms with Gasteiger partial charge in [0.05, 0.1) is 32.7 Å². The number of rotatable bonds is 5. The molecular formula is C24H23Cl2F3N6O2. The molecule has 1 fully saturated rings. The average molecular weight is 555 g/mol. The summed E-state index contributed by atoms with van der Waals surface area (Å²) in [6, 6.07) is 5.63. The molecule has 1 aliphatic heterocycles. The molecule has 13 heteroatoms. The Labute approximate surface area is 221 Å². The lowest BCUT2D eigenvalue weighted by Crippen LogP contribution is -2.50. The number of alkyl halides is 3. The number of nitrogens with zero attached hydrogens (tertiary/aromatic N) is 5. The number of halogens is 5. The lowest BCUT2D eigenvalue weighted by molar-refractivity contribution is -0.137. The standard InChI is InChI=1S/C24H23Cl2F3N6O2/c1-14-21(26)15(2)35(32-14)13-20(36)33-6-8-34(9-7-33)22-19(11-18(25)12-30-22)31-23(37)16-4-3-5-17(10-16)24(27,28)29/h3-5,10-12H,6-9,13H2,1-2H3,(H,31,37). The maximum absolute atomic E-state index is 13.1. The number of anilines is 2.